The highest BCUT2D eigenvalue weighted by atomic mass is 32.1. The summed E-state index contributed by atoms with van der Waals surface area (Å²) >= 11 is 4.16. The van der Waals surface area contributed by atoms with Crippen molar-refractivity contribution in [1.82, 2.24) is 4.90 Å². The molecule has 0 aromatic rings. The van der Waals surface area contributed by atoms with Crippen LogP contribution in [0, 0.1) is 0 Å². The largest absolute Gasteiger partial charge is 0.328 e. The lowest BCUT2D eigenvalue weighted by Gasteiger charge is -2.37. The molecule has 0 radical (unpaired) electrons. The van der Waals surface area contributed by atoms with Gasteiger partial charge in [0.25, 0.3) is 5.24 Å². The normalized spacial score (nSPS) is 14.1. The van der Waals surface area contributed by atoms with Crippen LogP contribution < -0.4 is 0 Å². The maximum Gasteiger partial charge on any atom is 0.279 e. The minimum Gasteiger partial charge on any atom is -0.328 e. The SMILES string of the molecule is CCCCCC(CC)N(C(=O)S)C(CC)CCCCC. The fraction of sp³-hybridized carbons (Fsp3) is 0.941. The van der Waals surface area contributed by atoms with E-state index in [1.165, 1.54) is 38.5 Å². The molecule has 0 rings (SSSR count). The van der Waals surface area contributed by atoms with Gasteiger partial charge in [-0.3, -0.25) is 4.79 Å². The molecular formula is C17H35NOS. The molecule has 0 spiro atoms. The maximum absolute atomic E-state index is 12.0. The van der Waals surface area contributed by atoms with Gasteiger partial charge in [-0.15, -0.1) is 0 Å². The van der Waals surface area contributed by atoms with Crippen LogP contribution in [0.1, 0.15) is 91.9 Å². The van der Waals surface area contributed by atoms with Gasteiger partial charge in [-0.25, -0.2) is 0 Å². The van der Waals surface area contributed by atoms with Crippen LogP contribution in [0.25, 0.3) is 0 Å². The summed E-state index contributed by atoms with van der Waals surface area (Å²) in [6.45, 7) is 8.84. The summed E-state index contributed by atoms with van der Waals surface area (Å²) in [5.41, 5.74) is 0. The van der Waals surface area contributed by atoms with Gasteiger partial charge in [-0.2, -0.15) is 0 Å². The summed E-state index contributed by atoms with van der Waals surface area (Å²) in [4.78, 5) is 14.1. The highest BCUT2D eigenvalue weighted by Gasteiger charge is 2.26. The molecule has 0 N–H and O–H groups in total. The highest BCUT2D eigenvalue weighted by Crippen LogP contribution is 2.23. The monoisotopic (exact) mass is 301 g/mol. The van der Waals surface area contributed by atoms with Gasteiger partial charge in [0, 0.05) is 12.1 Å². The number of carbonyl (C=O) groups excluding carboxylic acids is 1. The van der Waals surface area contributed by atoms with Crippen LogP contribution in [0.2, 0.25) is 0 Å². The summed E-state index contributed by atoms with van der Waals surface area (Å²) in [5.74, 6) is 0. The van der Waals surface area contributed by atoms with Crippen molar-refractivity contribution in [1.29, 1.82) is 0 Å². The van der Waals surface area contributed by atoms with Crippen molar-refractivity contribution < 1.29 is 4.79 Å². The number of thiol groups is 1. The van der Waals surface area contributed by atoms with E-state index in [9.17, 15) is 4.79 Å². The second kappa shape index (κ2) is 12.6. The molecule has 1 amide bonds. The van der Waals surface area contributed by atoms with E-state index in [1.807, 2.05) is 0 Å². The van der Waals surface area contributed by atoms with Gasteiger partial charge >= 0.3 is 0 Å². The van der Waals surface area contributed by atoms with Gasteiger partial charge in [-0.05, 0) is 25.7 Å². The number of rotatable bonds is 12. The van der Waals surface area contributed by atoms with Gasteiger partial charge < -0.3 is 4.90 Å². The van der Waals surface area contributed by atoms with E-state index in [-0.39, 0.29) is 5.24 Å². The predicted molar refractivity (Wildman–Crippen MR) is 92.7 cm³/mol. The second-order valence-electron chi connectivity index (χ2n) is 5.81. The fourth-order valence-corrected chi connectivity index (χ4v) is 3.28. The lowest BCUT2D eigenvalue weighted by atomic mass is 9.99. The van der Waals surface area contributed by atoms with Gasteiger partial charge in [0.15, 0.2) is 0 Å². The van der Waals surface area contributed by atoms with Crippen molar-refractivity contribution in [2.75, 3.05) is 0 Å². The average molecular weight is 302 g/mol. The first-order chi connectivity index (χ1) is 9.62. The van der Waals surface area contributed by atoms with Gasteiger partial charge in [0.05, 0.1) is 0 Å². The number of amides is 1. The molecule has 20 heavy (non-hydrogen) atoms. The number of unbranched alkanes of at least 4 members (excludes halogenated alkanes) is 4. The van der Waals surface area contributed by atoms with Crippen molar-refractivity contribution in [3.8, 4) is 0 Å². The zero-order valence-corrected chi connectivity index (χ0v) is 14.9. The van der Waals surface area contributed by atoms with E-state index in [0.29, 0.717) is 12.1 Å². The third kappa shape index (κ3) is 7.56. The number of hydrogen-bond acceptors (Lipinski definition) is 1. The predicted octanol–water partition coefficient (Wildman–Crippen LogP) is 6.06. The molecule has 2 unspecified atom stereocenters. The van der Waals surface area contributed by atoms with E-state index in [1.54, 1.807) is 0 Å². The lowest BCUT2D eigenvalue weighted by Crippen LogP contribution is -2.44. The highest BCUT2D eigenvalue weighted by molar-refractivity contribution is 7.96. The molecule has 0 aliphatic heterocycles. The number of nitrogens with zero attached hydrogens (tertiary/aromatic N) is 1. The summed E-state index contributed by atoms with van der Waals surface area (Å²) in [5, 5.41) is -0.0308. The molecule has 2 atom stereocenters. The Labute approximate surface area is 132 Å². The first-order valence-corrected chi connectivity index (χ1v) is 9.08. The van der Waals surface area contributed by atoms with Gasteiger partial charge in [0.2, 0.25) is 0 Å². The van der Waals surface area contributed by atoms with Gasteiger partial charge in [-0.1, -0.05) is 78.8 Å². The first kappa shape index (κ1) is 19.8. The Bertz CT molecular complexity index is 227. The van der Waals surface area contributed by atoms with E-state index in [4.69, 9.17) is 0 Å². The second-order valence-corrected chi connectivity index (χ2v) is 6.19. The lowest BCUT2D eigenvalue weighted by molar-refractivity contribution is 0.146. The Kier molecular flexibility index (Phi) is 12.4. The standard InChI is InChI=1S/C17H35NOS/c1-5-9-11-13-15(7-3)18(17(19)20)16(8-4)14-12-10-6-2/h15-16H,5-14H2,1-4H3,(H,19,20). The van der Waals surface area contributed by atoms with E-state index in [0.717, 1.165) is 25.7 Å². The molecule has 0 aliphatic rings. The van der Waals surface area contributed by atoms with Crippen LogP contribution in [0.4, 0.5) is 4.79 Å². The summed E-state index contributed by atoms with van der Waals surface area (Å²) in [6.07, 6.45) is 11.8. The molecule has 0 heterocycles. The van der Waals surface area contributed by atoms with Crippen LogP contribution in [0.3, 0.4) is 0 Å². The maximum atomic E-state index is 12.0. The quantitative estimate of drug-likeness (QED) is 0.343. The van der Waals surface area contributed by atoms with Crippen LogP contribution >= 0.6 is 12.6 Å². The Morgan fingerprint density at radius 2 is 1.25 bits per heavy atom. The average Bonchev–Trinajstić information content (AvgIpc) is 2.44. The Hall–Kier alpha value is -0.180. The topological polar surface area (TPSA) is 20.3 Å². The van der Waals surface area contributed by atoms with Crippen molar-refractivity contribution in [3.05, 3.63) is 0 Å². The minimum atomic E-state index is -0.0308. The fourth-order valence-electron chi connectivity index (χ4n) is 2.95. The Balaban J connectivity index is 4.64. The zero-order valence-electron chi connectivity index (χ0n) is 14.0. The smallest absolute Gasteiger partial charge is 0.279 e. The van der Waals surface area contributed by atoms with E-state index in [2.05, 4.69) is 45.2 Å². The molecule has 0 aromatic carbocycles. The van der Waals surface area contributed by atoms with Crippen molar-refractivity contribution in [2.45, 2.75) is 104 Å². The van der Waals surface area contributed by atoms with Crippen molar-refractivity contribution in [3.63, 3.8) is 0 Å². The van der Waals surface area contributed by atoms with Crippen LogP contribution in [-0.2, 0) is 0 Å². The Morgan fingerprint density at radius 1 is 0.850 bits per heavy atom. The molecule has 0 saturated carbocycles. The molecule has 0 aliphatic carbocycles. The third-order valence-electron chi connectivity index (χ3n) is 4.23. The number of carbonyl (C=O) groups is 1. The molecule has 0 aromatic heterocycles. The minimum absolute atomic E-state index is 0.0308. The summed E-state index contributed by atoms with van der Waals surface area (Å²) < 4.78 is 0. The summed E-state index contributed by atoms with van der Waals surface area (Å²) in [6, 6.07) is 0.747. The Morgan fingerprint density at radius 3 is 1.50 bits per heavy atom. The molecule has 3 heteroatoms. The first-order valence-electron chi connectivity index (χ1n) is 8.63. The molecule has 2 nitrogen and oxygen atoms in total. The van der Waals surface area contributed by atoms with E-state index >= 15 is 0 Å². The number of hydrogen-bond donors (Lipinski definition) is 1. The molecule has 0 fully saturated rings. The third-order valence-corrected chi connectivity index (χ3v) is 4.46. The van der Waals surface area contributed by atoms with Crippen molar-refractivity contribution in [2.24, 2.45) is 0 Å². The molecule has 0 bridgehead atoms. The molecule has 120 valence electrons. The van der Waals surface area contributed by atoms with Crippen LogP contribution in [-0.4, -0.2) is 22.2 Å². The van der Waals surface area contributed by atoms with Crippen LogP contribution in [0.15, 0.2) is 0 Å². The van der Waals surface area contributed by atoms with Crippen molar-refractivity contribution >= 4 is 17.9 Å². The van der Waals surface area contributed by atoms with Gasteiger partial charge in [0.1, 0.15) is 0 Å². The molecular weight excluding hydrogens is 266 g/mol. The summed E-state index contributed by atoms with van der Waals surface area (Å²) in [7, 11) is 0. The zero-order chi connectivity index (χ0) is 15.4. The van der Waals surface area contributed by atoms with E-state index < -0.39 is 0 Å². The van der Waals surface area contributed by atoms with Crippen LogP contribution in [0.5, 0.6) is 0 Å². The molecule has 0 saturated heterocycles.